The van der Waals surface area contributed by atoms with Crippen molar-refractivity contribution in [2.24, 2.45) is 0 Å². The highest BCUT2D eigenvalue weighted by atomic mass is 16.5. The van der Waals surface area contributed by atoms with Crippen molar-refractivity contribution in [3.8, 4) is 5.75 Å². The normalized spacial score (nSPS) is 10.7. The molecule has 0 aromatic heterocycles. The Morgan fingerprint density at radius 1 is 1.10 bits per heavy atom. The highest BCUT2D eigenvalue weighted by Crippen LogP contribution is 2.16. The van der Waals surface area contributed by atoms with Gasteiger partial charge in [-0.2, -0.15) is 0 Å². The van der Waals surface area contributed by atoms with Crippen LogP contribution >= 0.6 is 0 Å². The van der Waals surface area contributed by atoms with Crippen LogP contribution in [0.25, 0.3) is 0 Å². The van der Waals surface area contributed by atoms with Crippen molar-refractivity contribution in [1.82, 2.24) is 4.90 Å². The number of hydrogen-bond donors (Lipinski definition) is 0. The van der Waals surface area contributed by atoms with E-state index in [0.717, 1.165) is 25.3 Å². The Labute approximate surface area is 128 Å². The van der Waals surface area contributed by atoms with Crippen LogP contribution in [-0.4, -0.2) is 43.7 Å². The molecule has 0 aliphatic heterocycles. The lowest BCUT2D eigenvalue weighted by Gasteiger charge is -2.20. The molecule has 0 bridgehead atoms. The number of benzene rings is 1. The summed E-state index contributed by atoms with van der Waals surface area (Å²) in [5.41, 5.74) is 2.39. The van der Waals surface area contributed by atoms with Crippen molar-refractivity contribution < 1.29 is 14.3 Å². The number of carbonyl (C=O) groups is 1. The van der Waals surface area contributed by atoms with Gasteiger partial charge < -0.3 is 9.47 Å². The molecule has 4 heteroatoms. The molecule has 0 N–H and O–H groups in total. The molecule has 0 heterocycles. The van der Waals surface area contributed by atoms with E-state index in [1.807, 2.05) is 19.1 Å². The Bertz CT molecular complexity index is 425. The van der Waals surface area contributed by atoms with Gasteiger partial charge in [0.15, 0.2) is 0 Å². The average Bonchev–Trinajstić information content (AvgIpc) is 2.38. The zero-order chi connectivity index (χ0) is 15.7. The fourth-order valence-electron chi connectivity index (χ4n) is 2.28. The lowest BCUT2D eigenvalue weighted by molar-refractivity contribution is -0.144. The van der Waals surface area contributed by atoms with Gasteiger partial charge in [-0.1, -0.05) is 13.0 Å². The van der Waals surface area contributed by atoms with Crippen molar-refractivity contribution in [2.45, 2.75) is 34.1 Å². The summed E-state index contributed by atoms with van der Waals surface area (Å²) in [6.45, 7) is 11.0. The summed E-state index contributed by atoms with van der Waals surface area (Å²) in [6, 6.07) is 6.18. The van der Waals surface area contributed by atoms with E-state index in [0.29, 0.717) is 19.8 Å². The summed E-state index contributed by atoms with van der Waals surface area (Å²) in [5, 5.41) is 0. The van der Waals surface area contributed by atoms with Crippen LogP contribution in [0, 0.1) is 13.8 Å². The van der Waals surface area contributed by atoms with Gasteiger partial charge in [-0.25, -0.2) is 0 Å². The first kappa shape index (κ1) is 17.5. The van der Waals surface area contributed by atoms with E-state index in [4.69, 9.17) is 9.47 Å². The SMILES string of the molecule is CCCN(CCOc1cc(C)cc(C)c1)CC(=O)OCC. The summed E-state index contributed by atoms with van der Waals surface area (Å²) >= 11 is 0. The minimum Gasteiger partial charge on any atom is -0.492 e. The average molecular weight is 293 g/mol. The molecule has 0 spiro atoms. The van der Waals surface area contributed by atoms with Crippen LogP contribution in [0.5, 0.6) is 5.75 Å². The van der Waals surface area contributed by atoms with E-state index in [2.05, 4.69) is 31.7 Å². The molecule has 0 aliphatic rings. The van der Waals surface area contributed by atoms with Gasteiger partial charge in [0.1, 0.15) is 12.4 Å². The lowest BCUT2D eigenvalue weighted by Crippen LogP contribution is -2.35. The van der Waals surface area contributed by atoms with Crippen molar-refractivity contribution in [3.63, 3.8) is 0 Å². The van der Waals surface area contributed by atoms with E-state index >= 15 is 0 Å². The first-order chi connectivity index (χ1) is 10.0. The summed E-state index contributed by atoms with van der Waals surface area (Å²) in [7, 11) is 0. The van der Waals surface area contributed by atoms with Crippen molar-refractivity contribution >= 4 is 5.97 Å². The maximum Gasteiger partial charge on any atom is 0.320 e. The van der Waals surface area contributed by atoms with Crippen LogP contribution in [0.15, 0.2) is 18.2 Å². The standard InChI is InChI=1S/C17H27NO3/c1-5-7-18(13-17(19)20-6-2)8-9-21-16-11-14(3)10-15(4)12-16/h10-12H,5-9,13H2,1-4H3. The molecule has 1 rings (SSSR count). The molecule has 21 heavy (non-hydrogen) atoms. The van der Waals surface area contributed by atoms with Crippen LogP contribution in [-0.2, 0) is 9.53 Å². The molecule has 0 saturated heterocycles. The lowest BCUT2D eigenvalue weighted by atomic mass is 10.1. The molecule has 1 aromatic rings. The minimum absolute atomic E-state index is 0.169. The van der Waals surface area contributed by atoms with Crippen molar-refractivity contribution in [1.29, 1.82) is 0 Å². The van der Waals surface area contributed by atoms with E-state index in [9.17, 15) is 4.79 Å². The fraction of sp³-hybridized carbons (Fsp3) is 0.588. The Kier molecular flexibility index (Phi) is 7.83. The Morgan fingerprint density at radius 2 is 1.76 bits per heavy atom. The molecule has 118 valence electrons. The molecule has 1 aromatic carbocycles. The predicted molar refractivity (Wildman–Crippen MR) is 84.8 cm³/mol. The molecule has 0 saturated carbocycles. The highest BCUT2D eigenvalue weighted by molar-refractivity contribution is 5.71. The maximum atomic E-state index is 11.5. The molecular formula is C17H27NO3. The number of hydrogen-bond acceptors (Lipinski definition) is 4. The maximum absolute atomic E-state index is 11.5. The van der Waals surface area contributed by atoms with E-state index in [-0.39, 0.29) is 5.97 Å². The zero-order valence-corrected chi connectivity index (χ0v) is 13.6. The monoisotopic (exact) mass is 293 g/mol. The molecule has 4 nitrogen and oxygen atoms in total. The summed E-state index contributed by atoms with van der Waals surface area (Å²) in [4.78, 5) is 13.6. The van der Waals surface area contributed by atoms with Gasteiger partial charge in [0.05, 0.1) is 13.2 Å². The van der Waals surface area contributed by atoms with Gasteiger partial charge in [-0.3, -0.25) is 9.69 Å². The minimum atomic E-state index is -0.169. The Balaban J connectivity index is 2.43. The number of carbonyl (C=O) groups excluding carboxylic acids is 1. The van der Waals surface area contributed by atoms with Crippen LogP contribution in [0.1, 0.15) is 31.4 Å². The number of esters is 1. The smallest absolute Gasteiger partial charge is 0.320 e. The fourth-order valence-corrected chi connectivity index (χ4v) is 2.28. The van der Waals surface area contributed by atoms with E-state index in [1.165, 1.54) is 11.1 Å². The topological polar surface area (TPSA) is 38.8 Å². The third-order valence-corrected chi connectivity index (χ3v) is 3.07. The highest BCUT2D eigenvalue weighted by Gasteiger charge is 2.10. The predicted octanol–water partition coefficient (Wildman–Crippen LogP) is 2.96. The second-order valence-electron chi connectivity index (χ2n) is 5.25. The van der Waals surface area contributed by atoms with Crippen LogP contribution in [0.3, 0.4) is 0 Å². The van der Waals surface area contributed by atoms with Crippen LogP contribution in [0.4, 0.5) is 0 Å². The van der Waals surface area contributed by atoms with Gasteiger partial charge in [0.2, 0.25) is 0 Å². The van der Waals surface area contributed by atoms with Gasteiger partial charge in [0.25, 0.3) is 0 Å². The second-order valence-corrected chi connectivity index (χ2v) is 5.25. The summed E-state index contributed by atoms with van der Waals surface area (Å²) in [6.07, 6.45) is 1.00. The molecule has 0 aliphatic carbocycles. The first-order valence-electron chi connectivity index (χ1n) is 7.64. The first-order valence-corrected chi connectivity index (χ1v) is 7.64. The van der Waals surface area contributed by atoms with Crippen LogP contribution < -0.4 is 4.74 Å². The van der Waals surface area contributed by atoms with Gasteiger partial charge in [0, 0.05) is 6.54 Å². The summed E-state index contributed by atoms with van der Waals surface area (Å²) in [5.74, 6) is 0.720. The number of nitrogens with zero attached hydrogens (tertiary/aromatic N) is 1. The molecular weight excluding hydrogens is 266 g/mol. The third kappa shape index (κ3) is 7.14. The molecule has 0 atom stereocenters. The third-order valence-electron chi connectivity index (χ3n) is 3.07. The zero-order valence-electron chi connectivity index (χ0n) is 13.6. The van der Waals surface area contributed by atoms with Crippen molar-refractivity contribution in [2.75, 3.05) is 32.8 Å². The molecule has 0 fully saturated rings. The molecule has 0 unspecified atom stereocenters. The van der Waals surface area contributed by atoms with Gasteiger partial charge in [-0.05, 0) is 57.0 Å². The second kappa shape index (κ2) is 9.40. The number of aryl methyl sites for hydroxylation is 2. The molecule has 0 amide bonds. The quantitative estimate of drug-likeness (QED) is 0.656. The Hall–Kier alpha value is -1.55. The van der Waals surface area contributed by atoms with Gasteiger partial charge >= 0.3 is 5.97 Å². The largest absolute Gasteiger partial charge is 0.492 e. The number of rotatable bonds is 9. The van der Waals surface area contributed by atoms with E-state index < -0.39 is 0 Å². The van der Waals surface area contributed by atoms with E-state index in [1.54, 1.807) is 0 Å². The number of ether oxygens (including phenoxy) is 2. The Morgan fingerprint density at radius 3 is 2.33 bits per heavy atom. The van der Waals surface area contributed by atoms with Crippen LogP contribution in [0.2, 0.25) is 0 Å². The van der Waals surface area contributed by atoms with Gasteiger partial charge in [-0.15, -0.1) is 0 Å². The van der Waals surface area contributed by atoms with Crippen molar-refractivity contribution in [3.05, 3.63) is 29.3 Å². The molecule has 0 radical (unpaired) electrons. The summed E-state index contributed by atoms with van der Waals surface area (Å²) < 4.78 is 10.8.